The Bertz CT molecular complexity index is 818. The van der Waals surface area contributed by atoms with Gasteiger partial charge in [0.1, 0.15) is 0 Å². The minimum Gasteiger partial charge on any atom is -0.493 e. The number of hydrogen-bond donors (Lipinski definition) is 1. The number of ether oxygens (including phenoxy) is 3. The van der Waals surface area contributed by atoms with Crippen molar-refractivity contribution in [1.29, 1.82) is 0 Å². The Morgan fingerprint density at radius 3 is 2.21 bits per heavy atom. The highest BCUT2D eigenvalue weighted by Crippen LogP contribution is 2.38. The quantitative estimate of drug-likeness (QED) is 0.573. The number of methoxy groups -OCH3 is 3. The number of thioether (sulfide) groups is 1. The van der Waals surface area contributed by atoms with Gasteiger partial charge in [0.15, 0.2) is 11.5 Å². The molecule has 0 aliphatic carbocycles. The van der Waals surface area contributed by atoms with Gasteiger partial charge in [-0.15, -0.1) is 11.8 Å². The molecule has 2 aromatic carbocycles. The third-order valence-electron chi connectivity index (χ3n) is 3.92. The topological polar surface area (TPSA) is 56.8 Å². The summed E-state index contributed by atoms with van der Waals surface area (Å²) in [5.74, 6) is 0.0932. The van der Waals surface area contributed by atoms with Crippen LogP contribution in [0.3, 0.4) is 0 Å². The SMILES string of the molecule is COc1cc(CCC(=O)Nc2ccccc2SCC(F)(F)F)cc(OC)c1OC. The van der Waals surface area contributed by atoms with Crippen LogP contribution in [0.15, 0.2) is 41.3 Å². The summed E-state index contributed by atoms with van der Waals surface area (Å²) in [6.07, 6.45) is -3.76. The fraction of sp³-hybridized carbons (Fsp3) is 0.350. The van der Waals surface area contributed by atoms with E-state index in [1.165, 1.54) is 21.3 Å². The Morgan fingerprint density at radius 1 is 1.03 bits per heavy atom. The molecule has 0 fully saturated rings. The molecule has 0 bridgehead atoms. The van der Waals surface area contributed by atoms with Crippen LogP contribution in [0.5, 0.6) is 17.2 Å². The van der Waals surface area contributed by atoms with Crippen molar-refractivity contribution in [2.45, 2.75) is 23.9 Å². The number of alkyl halides is 3. The van der Waals surface area contributed by atoms with E-state index in [1.54, 1.807) is 36.4 Å². The molecule has 0 atom stereocenters. The molecule has 0 saturated heterocycles. The second-order valence-corrected chi connectivity index (χ2v) is 7.00. The third-order valence-corrected chi connectivity index (χ3v) is 5.06. The Morgan fingerprint density at radius 2 is 1.66 bits per heavy atom. The lowest BCUT2D eigenvalue weighted by Gasteiger charge is -2.14. The maximum absolute atomic E-state index is 12.5. The van der Waals surface area contributed by atoms with Crippen molar-refractivity contribution in [2.24, 2.45) is 0 Å². The Kier molecular flexibility index (Phi) is 8.07. The molecule has 0 radical (unpaired) electrons. The van der Waals surface area contributed by atoms with E-state index in [2.05, 4.69) is 5.32 Å². The molecule has 0 aliphatic heterocycles. The minimum atomic E-state index is -4.28. The highest BCUT2D eigenvalue weighted by atomic mass is 32.2. The molecular formula is C20H22F3NO4S. The maximum Gasteiger partial charge on any atom is 0.398 e. The van der Waals surface area contributed by atoms with Gasteiger partial charge in [-0.2, -0.15) is 13.2 Å². The number of halogens is 3. The monoisotopic (exact) mass is 429 g/mol. The van der Waals surface area contributed by atoms with Gasteiger partial charge in [-0.3, -0.25) is 4.79 Å². The predicted octanol–water partition coefficient (Wildman–Crippen LogP) is 4.94. The van der Waals surface area contributed by atoms with Crippen molar-refractivity contribution >= 4 is 23.4 Å². The number of carbonyl (C=O) groups is 1. The van der Waals surface area contributed by atoms with Gasteiger partial charge >= 0.3 is 6.18 Å². The average Bonchev–Trinajstić information content (AvgIpc) is 2.70. The van der Waals surface area contributed by atoms with Gasteiger partial charge < -0.3 is 19.5 Å². The lowest BCUT2D eigenvalue weighted by molar-refractivity contribution is -0.116. The lowest BCUT2D eigenvalue weighted by Crippen LogP contribution is -2.14. The second-order valence-electron chi connectivity index (χ2n) is 5.98. The normalized spacial score (nSPS) is 11.1. The van der Waals surface area contributed by atoms with Crippen molar-refractivity contribution in [3.8, 4) is 17.2 Å². The maximum atomic E-state index is 12.5. The van der Waals surface area contributed by atoms with E-state index in [0.717, 1.165) is 5.56 Å². The molecule has 0 heterocycles. The zero-order valence-corrected chi connectivity index (χ0v) is 17.1. The fourth-order valence-electron chi connectivity index (χ4n) is 2.61. The summed E-state index contributed by atoms with van der Waals surface area (Å²) < 4.78 is 53.3. The number of amides is 1. The fourth-order valence-corrected chi connectivity index (χ4v) is 3.37. The van der Waals surface area contributed by atoms with E-state index in [9.17, 15) is 18.0 Å². The summed E-state index contributed by atoms with van der Waals surface area (Å²) in [5, 5.41) is 2.68. The van der Waals surface area contributed by atoms with E-state index >= 15 is 0 Å². The summed E-state index contributed by atoms with van der Waals surface area (Å²) in [6, 6.07) is 9.92. The second kappa shape index (κ2) is 10.3. The van der Waals surface area contributed by atoms with Crippen LogP contribution in [0.25, 0.3) is 0 Å². The number of anilines is 1. The Hall–Kier alpha value is -2.55. The first-order valence-electron chi connectivity index (χ1n) is 8.64. The van der Waals surface area contributed by atoms with Gasteiger partial charge in [-0.1, -0.05) is 12.1 Å². The molecule has 0 unspecified atom stereocenters. The molecule has 0 aliphatic rings. The Labute approximate surface area is 171 Å². The molecule has 158 valence electrons. The number of para-hydroxylation sites is 1. The smallest absolute Gasteiger partial charge is 0.398 e. The van der Waals surface area contributed by atoms with Gasteiger partial charge in [0.2, 0.25) is 11.7 Å². The molecule has 1 amide bonds. The largest absolute Gasteiger partial charge is 0.493 e. The average molecular weight is 429 g/mol. The lowest BCUT2D eigenvalue weighted by atomic mass is 10.1. The van der Waals surface area contributed by atoms with Gasteiger partial charge in [0.25, 0.3) is 0 Å². The van der Waals surface area contributed by atoms with E-state index in [0.29, 0.717) is 46.0 Å². The molecule has 0 aromatic heterocycles. The molecule has 9 heteroatoms. The first kappa shape index (κ1) is 22.7. The molecule has 0 saturated carbocycles. The van der Waals surface area contributed by atoms with Gasteiger partial charge in [0.05, 0.1) is 32.8 Å². The predicted molar refractivity (Wildman–Crippen MR) is 106 cm³/mol. The van der Waals surface area contributed by atoms with Crippen LogP contribution < -0.4 is 19.5 Å². The number of benzene rings is 2. The van der Waals surface area contributed by atoms with Crippen molar-refractivity contribution < 1.29 is 32.2 Å². The van der Waals surface area contributed by atoms with E-state index in [4.69, 9.17) is 14.2 Å². The summed E-state index contributed by atoms with van der Waals surface area (Å²) in [6.45, 7) is 0. The molecule has 29 heavy (non-hydrogen) atoms. The first-order chi connectivity index (χ1) is 13.8. The minimum absolute atomic E-state index is 0.136. The van der Waals surface area contributed by atoms with E-state index < -0.39 is 11.9 Å². The van der Waals surface area contributed by atoms with Crippen molar-refractivity contribution in [3.63, 3.8) is 0 Å². The number of aryl methyl sites for hydroxylation is 1. The number of rotatable bonds is 9. The van der Waals surface area contributed by atoms with Gasteiger partial charge in [0, 0.05) is 11.3 Å². The number of nitrogens with one attached hydrogen (secondary N) is 1. The number of hydrogen-bond acceptors (Lipinski definition) is 5. The molecular weight excluding hydrogens is 407 g/mol. The molecule has 2 aromatic rings. The summed E-state index contributed by atoms with van der Waals surface area (Å²) >= 11 is 0.638. The zero-order valence-electron chi connectivity index (χ0n) is 16.3. The zero-order chi connectivity index (χ0) is 21.4. The van der Waals surface area contributed by atoms with Crippen LogP contribution in [0.2, 0.25) is 0 Å². The number of carbonyl (C=O) groups excluding carboxylic acids is 1. The highest BCUT2D eigenvalue weighted by Gasteiger charge is 2.27. The van der Waals surface area contributed by atoms with E-state index in [-0.39, 0.29) is 12.3 Å². The standard InChI is InChI=1S/C20H22F3NO4S/c1-26-15-10-13(11-16(27-2)19(15)28-3)8-9-18(25)24-14-6-4-5-7-17(14)29-12-20(21,22)23/h4-7,10-11H,8-9,12H2,1-3H3,(H,24,25). The Balaban J connectivity index is 2.04. The molecule has 5 nitrogen and oxygen atoms in total. The molecule has 2 rings (SSSR count). The third kappa shape index (κ3) is 6.77. The van der Waals surface area contributed by atoms with Gasteiger partial charge in [-0.05, 0) is 36.2 Å². The van der Waals surface area contributed by atoms with Crippen molar-refractivity contribution in [3.05, 3.63) is 42.0 Å². The van der Waals surface area contributed by atoms with Crippen LogP contribution in [0.4, 0.5) is 18.9 Å². The van der Waals surface area contributed by atoms with Crippen LogP contribution >= 0.6 is 11.8 Å². The van der Waals surface area contributed by atoms with E-state index in [1.807, 2.05) is 0 Å². The van der Waals surface area contributed by atoms with Gasteiger partial charge in [-0.25, -0.2) is 0 Å². The van der Waals surface area contributed by atoms with Crippen molar-refractivity contribution in [1.82, 2.24) is 0 Å². The van der Waals surface area contributed by atoms with Crippen LogP contribution in [-0.4, -0.2) is 39.2 Å². The molecule has 1 N–H and O–H groups in total. The van der Waals surface area contributed by atoms with Crippen LogP contribution in [0, 0.1) is 0 Å². The van der Waals surface area contributed by atoms with Crippen molar-refractivity contribution in [2.75, 3.05) is 32.4 Å². The summed E-state index contributed by atoms with van der Waals surface area (Å²) in [7, 11) is 4.51. The van der Waals surface area contributed by atoms with Crippen LogP contribution in [0.1, 0.15) is 12.0 Å². The summed E-state index contributed by atoms with van der Waals surface area (Å²) in [5.41, 5.74) is 1.16. The first-order valence-corrected chi connectivity index (χ1v) is 9.63. The van der Waals surface area contributed by atoms with Crippen LogP contribution in [-0.2, 0) is 11.2 Å². The molecule has 0 spiro atoms. The summed E-state index contributed by atoms with van der Waals surface area (Å²) in [4.78, 5) is 12.7. The highest BCUT2D eigenvalue weighted by molar-refractivity contribution is 7.99.